The van der Waals surface area contributed by atoms with Gasteiger partial charge in [-0.15, -0.1) is 0 Å². The van der Waals surface area contributed by atoms with E-state index in [9.17, 15) is 14.9 Å². The standard InChI is InChI=1S/C20H29N7O3/c1-12-11-27(19(29)30-20(3,4)5)13(2)10-26(12)16-15-17(25(7)18(28)23-16)24(6)14(22-15)8-9-21/h12-13H,8,10-11H2,1-7H3/t12-,13+/m0/s1/i6D3. The predicted molar refractivity (Wildman–Crippen MR) is 112 cm³/mol. The number of hydrogen-bond donors (Lipinski definition) is 0. The molecule has 30 heavy (non-hydrogen) atoms. The molecule has 0 aromatic carbocycles. The fourth-order valence-electron chi connectivity index (χ4n) is 3.61. The lowest BCUT2D eigenvalue weighted by Gasteiger charge is -2.44. The molecule has 2 aromatic rings. The van der Waals surface area contributed by atoms with Crippen molar-refractivity contribution in [1.29, 1.82) is 5.26 Å². The summed E-state index contributed by atoms with van der Waals surface area (Å²) in [5.74, 6) is 0.267. The van der Waals surface area contributed by atoms with E-state index in [4.69, 9.17) is 8.85 Å². The number of piperazine rings is 1. The lowest BCUT2D eigenvalue weighted by Crippen LogP contribution is -2.59. The lowest BCUT2D eigenvalue weighted by atomic mass is 10.1. The molecular weight excluding hydrogens is 386 g/mol. The number of amides is 1. The van der Waals surface area contributed by atoms with Crippen molar-refractivity contribution in [1.82, 2.24) is 24.0 Å². The number of aromatic nitrogens is 4. The molecule has 2 atom stereocenters. The van der Waals surface area contributed by atoms with E-state index in [1.165, 1.54) is 7.05 Å². The summed E-state index contributed by atoms with van der Waals surface area (Å²) in [5.41, 5.74) is -0.968. The summed E-state index contributed by atoms with van der Waals surface area (Å²) in [5, 5.41) is 9.18. The van der Waals surface area contributed by atoms with Gasteiger partial charge in [0.15, 0.2) is 5.82 Å². The van der Waals surface area contributed by atoms with E-state index < -0.39 is 24.4 Å². The first-order valence-corrected chi connectivity index (χ1v) is 9.77. The van der Waals surface area contributed by atoms with E-state index in [0.29, 0.717) is 13.1 Å². The number of rotatable bonds is 2. The maximum absolute atomic E-state index is 12.7. The normalized spacial score (nSPS) is 21.7. The second-order valence-corrected chi connectivity index (χ2v) is 8.63. The molecule has 0 bridgehead atoms. The van der Waals surface area contributed by atoms with Crippen LogP contribution >= 0.6 is 0 Å². The van der Waals surface area contributed by atoms with E-state index in [1.807, 2.05) is 24.8 Å². The highest BCUT2D eigenvalue weighted by Crippen LogP contribution is 2.28. The van der Waals surface area contributed by atoms with Gasteiger partial charge in [-0.1, -0.05) is 0 Å². The van der Waals surface area contributed by atoms with Crippen LogP contribution in [0.15, 0.2) is 4.79 Å². The molecule has 10 heteroatoms. The number of aryl methyl sites for hydroxylation is 2. The van der Waals surface area contributed by atoms with Crippen molar-refractivity contribution in [3.05, 3.63) is 16.3 Å². The largest absolute Gasteiger partial charge is 0.444 e. The molecule has 10 nitrogen and oxygen atoms in total. The number of ether oxygens (including phenoxy) is 1. The molecular formula is C20H29N7O3. The van der Waals surface area contributed by atoms with E-state index >= 15 is 0 Å². The third-order valence-corrected chi connectivity index (χ3v) is 5.06. The van der Waals surface area contributed by atoms with Gasteiger partial charge in [-0.3, -0.25) is 4.57 Å². The number of anilines is 1. The molecule has 1 aliphatic rings. The molecule has 1 amide bonds. The number of hydrogen-bond acceptors (Lipinski definition) is 7. The van der Waals surface area contributed by atoms with Crippen LogP contribution in [0.5, 0.6) is 0 Å². The summed E-state index contributed by atoms with van der Waals surface area (Å²) < 4.78 is 31.4. The molecule has 3 rings (SSSR count). The van der Waals surface area contributed by atoms with Crippen molar-refractivity contribution >= 4 is 23.1 Å². The highest BCUT2D eigenvalue weighted by atomic mass is 16.6. The van der Waals surface area contributed by atoms with Crippen molar-refractivity contribution in [2.24, 2.45) is 14.0 Å². The minimum atomic E-state index is -2.64. The van der Waals surface area contributed by atoms with Gasteiger partial charge in [-0.05, 0) is 34.6 Å². The van der Waals surface area contributed by atoms with Gasteiger partial charge < -0.3 is 19.1 Å². The van der Waals surface area contributed by atoms with Gasteiger partial charge in [0.05, 0.1) is 12.5 Å². The molecule has 3 heterocycles. The zero-order valence-electron chi connectivity index (χ0n) is 21.1. The molecule has 0 aliphatic carbocycles. The Kier molecular flexibility index (Phi) is 4.51. The highest BCUT2D eigenvalue weighted by Gasteiger charge is 2.36. The third kappa shape index (κ3) is 3.84. The summed E-state index contributed by atoms with van der Waals surface area (Å²) in [7, 11) is 1.42. The molecule has 0 radical (unpaired) electrons. The second-order valence-electron chi connectivity index (χ2n) is 8.63. The number of fused-ring (bicyclic) bond motifs is 1. The maximum atomic E-state index is 12.7. The quantitative estimate of drug-likeness (QED) is 0.728. The summed E-state index contributed by atoms with van der Waals surface area (Å²) in [6.07, 6.45) is -0.661. The zero-order chi connectivity index (χ0) is 24.9. The van der Waals surface area contributed by atoms with Crippen LogP contribution in [-0.2, 0) is 25.2 Å². The van der Waals surface area contributed by atoms with Crippen LogP contribution in [0.3, 0.4) is 0 Å². The molecule has 1 saturated heterocycles. The minimum absolute atomic E-state index is 0.0323. The second kappa shape index (κ2) is 7.63. The van der Waals surface area contributed by atoms with E-state index in [-0.39, 0.29) is 41.3 Å². The van der Waals surface area contributed by atoms with Gasteiger partial charge in [-0.2, -0.15) is 10.2 Å². The smallest absolute Gasteiger partial charge is 0.410 e. The Morgan fingerprint density at radius 3 is 2.57 bits per heavy atom. The molecule has 0 spiro atoms. The average Bonchev–Trinajstić information content (AvgIpc) is 3.05. The fourth-order valence-corrected chi connectivity index (χ4v) is 3.61. The number of imidazole rings is 1. The Morgan fingerprint density at radius 1 is 1.27 bits per heavy atom. The molecule has 2 aromatic heterocycles. The molecule has 0 N–H and O–H groups in total. The maximum Gasteiger partial charge on any atom is 0.410 e. The Bertz CT molecular complexity index is 1170. The average molecular weight is 419 g/mol. The molecule has 1 fully saturated rings. The number of carbonyl (C=O) groups is 1. The number of nitriles is 1. The topological polar surface area (TPSA) is 109 Å². The molecule has 1 aliphatic heterocycles. The first-order chi connectivity index (χ1) is 15.2. The highest BCUT2D eigenvalue weighted by molar-refractivity contribution is 5.85. The molecule has 0 saturated carbocycles. The summed E-state index contributed by atoms with van der Waals surface area (Å²) in [6, 6.07) is 1.41. The Labute approximate surface area is 179 Å². The van der Waals surface area contributed by atoms with Gasteiger partial charge in [0.2, 0.25) is 0 Å². The number of carbonyl (C=O) groups excluding carboxylic acids is 1. The van der Waals surface area contributed by atoms with Crippen LogP contribution in [-0.4, -0.2) is 60.9 Å². The van der Waals surface area contributed by atoms with Crippen LogP contribution in [0.25, 0.3) is 11.2 Å². The van der Waals surface area contributed by atoms with Crippen LogP contribution < -0.4 is 10.6 Å². The van der Waals surface area contributed by atoms with Gasteiger partial charge in [0.25, 0.3) is 0 Å². The summed E-state index contributed by atoms with van der Waals surface area (Å²) >= 11 is 0. The van der Waals surface area contributed by atoms with Gasteiger partial charge in [0, 0.05) is 43.3 Å². The Morgan fingerprint density at radius 2 is 1.97 bits per heavy atom. The SMILES string of the molecule is [2H]C([2H])([2H])n1c(CC#N)nc2c(N3C[C@@H](C)N(C(=O)OC(C)(C)C)C[C@@H]3C)nc(=O)n(C)c21. The van der Waals surface area contributed by atoms with Crippen molar-refractivity contribution in [3.8, 4) is 6.07 Å². The first-order valence-electron chi connectivity index (χ1n) is 11.3. The van der Waals surface area contributed by atoms with Crippen LogP contribution in [0, 0.1) is 11.3 Å². The monoisotopic (exact) mass is 418 g/mol. The first kappa shape index (κ1) is 17.7. The zero-order valence-corrected chi connectivity index (χ0v) is 18.1. The molecule has 162 valence electrons. The number of nitrogens with zero attached hydrogens (tertiary/aromatic N) is 7. The predicted octanol–water partition coefficient (Wildman–Crippen LogP) is 1.57. The van der Waals surface area contributed by atoms with Gasteiger partial charge >= 0.3 is 11.8 Å². The van der Waals surface area contributed by atoms with E-state index in [0.717, 1.165) is 9.13 Å². The van der Waals surface area contributed by atoms with E-state index in [2.05, 4.69) is 9.97 Å². The third-order valence-electron chi connectivity index (χ3n) is 5.06. The van der Waals surface area contributed by atoms with Crippen molar-refractivity contribution in [3.63, 3.8) is 0 Å². The van der Waals surface area contributed by atoms with Crippen molar-refractivity contribution < 1.29 is 13.6 Å². The Hall–Kier alpha value is -3.09. The lowest BCUT2D eigenvalue weighted by molar-refractivity contribution is 0.0130. The Balaban J connectivity index is 2.10. The molecule has 0 unspecified atom stereocenters. The summed E-state index contributed by atoms with van der Waals surface area (Å²) in [4.78, 5) is 37.5. The van der Waals surface area contributed by atoms with Gasteiger partial charge in [0.1, 0.15) is 22.6 Å². The van der Waals surface area contributed by atoms with Crippen LogP contribution in [0.4, 0.5) is 10.6 Å². The van der Waals surface area contributed by atoms with Crippen molar-refractivity contribution in [2.75, 3.05) is 18.0 Å². The van der Waals surface area contributed by atoms with Crippen LogP contribution in [0.2, 0.25) is 0 Å². The summed E-state index contributed by atoms with van der Waals surface area (Å²) in [6.45, 7) is 7.16. The van der Waals surface area contributed by atoms with Gasteiger partial charge in [-0.25, -0.2) is 14.6 Å². The van der Waals surface area contributed by atoms with Crippen LogP contribution in [0.1, 0.15) is 44.6 Å². The fraction of sp³-hybridized carbons (Fsp3) is 0.650. The van der Waals surface area contributed by atoms with E-state index in [1.54, 1.807) is 25.7 Å². The minimum Gasteiger partial charge on any atom is -0.444 e. The van der Waals surface area contributed by atoms with Crippen molar-refractivity contribution in [2.45, 2.75) is 58.7 Å².